The minimum Gasteiger partial charge on any atom is -0.393 e. The summed E-state index contributed by atoms with van der Waals surface area (Å²) in [5.74, 6) is 3.41. The van der Waals surface area contributed by atoms with E-state index in [0.717, 1.165) is 38.6 Å². The Kier molecular flexibility index (Phi) is 4.80. The molecule has 2 heterocycles. The molecule has 2 saturated heterocycles. The number of aliphatic hydroxyl groups is 2. The summed E-state index contributed by atoms with van der Waals surface area (Å²) >= 11 is 0. The van der Waals surface area contributed by atoms with Crippen LogP contribution in [0.1, 0.15) is 79.1 Å². The molecule has 0 aromatic heterocycles. The predicted molar refractivity (Wildman–Crippen MR) is 121 cm³/mol. The van der Waals surface area contributed by atoms with Crippen molar-refractivity contribution < 1.29 is 14.9 Å². The first-order valence-corrected chi connectivity index (χ1v) is 13.2. The average Bonchev–Trinajstić information content (AvgIpc) is 3.23. The van der Waals surface area contributed by atoms with E-state index < -0.39 is 0 Å². The van der Waals surface area contributed by atoms with Gasteiger partial charge in [0.25, 0.3) is 0 Å². The molecule has 0 bridgehead atoms. The summed E-state index contributed by atoms with van der Waals surface area (Å²) in [7, 11) is 0. The lowest BCUT2D eigenvalue weighted by atomic mass is 9.51. The maximum absolute atomic E-state index is 11.1. The topological polar surface area (TPSA) is 61.7 Å². The second-order valence-electron chi connectivity index (χ2n) is 12.7. The van der Waals surface area contributed by atoms with E-state index in [1.54, 1.807) is 11.1 Å². The Labute approximate surface area is 188 Å². The van der Waals surface area contributed by atoms with E-state index in [1.807, 2.05) is 0 Å². The van der Waals surface area contributed by atoms with Gasteiger partial charge in [0.15, 0.2) is 0 Å². The van der Waals surface area contributed by atoms with Gasteiger partial charge in [0.1, 0.15) is 0 Å². The summed E-state index contributed by atoms with van der Waals surface area (Å²) in [4.78, 5) is 0. The van der Waals surface area contributed by atoms with E-state index in [4.69, 9.17) is 4.74 Å². The molecular weight excluding hydrogens is 386 g/mol. The van der Waals surface area contributed by atoms with Gasteiger partial charge in [-0.05, 0) is 105 Å². The Bertz CT molecular complexity index is 780. The van der Waals surface area contributed by atoms with Crippen LogP contribution < -0.4 is 5.32 Å². The molecule has 3 saturated carbocycles. The number of hydrogen-bond donors (Lipinski definition) is 3. The van der Waals surface area contributed by atoms with Gasteiger partial charge in [-0.1, -0.05) is 26.3 Å². The molecule has 4 aliphatic carbocycles. The van der Waals surface area contributed by atoms with Crippen LogP contribution in [0.5, 0.6) is 0 Å². The number of aliphatic hydroxyl groups excluding tert-OH is 2. The number of fused-ring (bicyclic) bond motifs is 6. The van der Waals surface area contributed by atoms with Crippen molar-refractivity contribution in [3.63, 3.8) is 0 Å². The van der Waals surface area contributed by atoms with Crippen molar-refractivity contribution in [1.82, 2.24) is 5.32 Å². The van der Waals surface area contributed by atoms with Crippen molar-refractivity contribution in [3.8, 4) is 0 Å². The fraction of sp³-hybridized carbons (Fsp3) is 0.926. The summed E-state index contributed by atoms with van der Waals surface area (Å²) < 4.78 is 7.01. The smallest absolute Gasteiger partial charge is 0.0937 e. The zero-order valence-electron chi connectivity index (χ0n) is 19.9. The van der Waals surface area contributed by atoms with Crippen LogP contribution in [0.25, 0.3) is 0 Å². The third-order valence-electron chi connectivity index (χ3n) is 11.5. The first-order chi connectivity index (χ1) is 14.7. The molecule has 5 fully saturated rings. The highest BCUT2D eigenvalue weighted by Crippen LogP contribution is 2.66. The molecule has 0 aromatic rings. The fourth-order valence-electron chi connectivity index (χ4n) is 9.72. The Balaban J connectivity index is 1.34. The van der Waals surface area contributed by atoms with Gasteiger partial charge in [-0.3, -0.25) is 0 Å². The van der Waals surface area contributed by atoms with Gasteiger partial charge in [-0.2, -0.15) is 0 Å². The molecule has 12 unspecified atom stereocenters. The quantitative estimate of drug-likeness (QED) is 0.509. The lowest BCUT2D eigenvalue weighted by Crippen LogP contribution is -2.53. The number of nitrogens with one attached hydrogen (secondary N) is 1. The number of rotatable bonds is 0. The van der Waals surface area contributed by atoms with E-state index in [0.29, 0.717) is 41.7 Å². The molecule has 6 aliphatic rings. The van der Waals surface area contributed by atoms with Crippen LogP contribution in [0.4, 0.5) is 0 Å². The Hall–Kier alpha value is -0.420. The highest BCUT2D eigenvalue weighted by atomic mass is 16.5. The number of piperidine rings is 1. The van der Waals surface area contributed by atoms with Crippen molar-refractivity contribution in [2.75, 3.05) is 6.54 Å². The van der Waals surface area contributed by atoms with Gasteiger partial charge in [-0.25, -0.2) is 0 Å². The minimum absolute atomic E-state index is 0.0760. The molecule has 6 rings (SSSR count). The van der Waals surface area contributed by atoms with Crippen LogP contribution in [-0.4, -0.2) is 46.7 Å². The maximum Gasteiger partial charge on any atom is 0.0937 e. The normalized spacial score (nSPS) is 58.6. The molecule has 174 valence electrons. The molecule has 4 nitrogen and oxygen atoms in total. The van der Waals surface area contributed by atoms with Crippen molar-refractivity contribution in [3.05, 3.63) is 11.1 Å². The summed E-state index contributed by atoms with van der Waals surface area (Å²) in [6.45, 7) is 10.7. The Morgan fingerprint density at radius 1 is 1.03 bits per heavy atom. The SMILES string of the molecule is CC1=C2CC3C(CC(O)C4CC(O)CCC43C)C2CCC12OC1CC(C)CNC1C2C. The van der Waals surface area contributed by atoms with Crippen molar-refractivity contribution in [2.24, 2.45) is 40.9 Å². The summed E-state index contributed by atoms with van der Waals surface area (Å²) in [6.07, 6.45) is 8.37. The first-order valence-electron chi connectivity index (χ1n) is 13.2. The molecule has 2 aliphatic heterocycles. The van der Waals surface area contributed by atoms with Gasteiger partial charge in [0.2, 0.25) is 0 Å². The van der Waals surface area contributed by atoms with Crippen LogP contribution >= 0.6 is 0 Å². The van der Waals surface area contributed by atoms with Crippen molar-refractivity contribution in [2.45, 2.75) is 109 Å². The first kappa shape index (κ1) is 21.1. The minimum atomic E-state index is -0.244. The second kappa shape index (κ2) is 7.04. The highest BCUT2D eigenvalue weighted by molar-refractivity contribution is 5.36. The largest absolute Gasteiger partial charge is 0.393 e. The van der Waals surface area contributed by atoms with Crippen molar-refractivity contribution in [1.29, 1.82) is 0 Å². The third kappa shape index (κ3) is 2.80. The van der Waals surface area contributed by atoms with E-state index in [2.05, 4.69) is 33.0 Å². The second-order valence-corrected chi connectivity index (χ2v) is 12.7. The zero-order chi connectivity index (χ0) is 21.7. The van der Waals surface area contributed by atoms with Gasteiger partial charge in [0, 0.05) is 12.0 Å². The highest BCUT2D eigenvalue weighted by Gasteiger charge is 2.62. The van der Waals surface area contributed by atoms with Crippen LogP contribution in [0.15, 0.2) is 11.1 Å². The summed E-state index contributed by atoms with van der Waals surface area (Å²) in [6, 6.07) is 0.496. The summed E-state index contributed by atoms with van der Waals surface area (Å²) in [5.41, 5.74) is 3.35. The fourth-order valence-corrected chi connectivity index (χ4v) is 9.72. The Morgan fingerprint density at radius 2 is 1.84 bits per heavy atom. The zero-order valence-corrected chi connectivity index (χ0v) is 19.9. The van der Waals surface area contributed by atoms with Gasteiger partial charge in [0.05, 0.1) is 23.9 Å². The number of hydrogen-bond acceptors (Lipinski definition) is 4. The monoisotopic (exact) mass is 429 g/mol. The van der Waals surface area contributed by atoms with E-state index in [1.165, 1.54) is 19.3 Å². The predicted octanol–water partition coefficient (Wildman–Crippen LogP) is 4.05. The third-order valence-corrected chi connectivity index (χ3v) is 11.5. The van der Waals surface area contributed by atoms with Crippen molar-refractivity contribution >= 4 is 0 Å². The van der Waals surface area contributed by atoms with E-state index in [-0.39, 0.29) is 29.1 Å². The van der Waals surface area contributed by atoms with Crippen LogP contribution in [0, 0.1) is 40.9 Å². The molecule has 0 aromatic carbocycles. The molecule has 1 spiro atoms. The van der Waals surface area contributed by atoms with Crippen LogP contribution in [0.2, 0.25) is 0 Å². The van der Waals surface area contributed by atoms with Gasteiger partial charge < -0.3 is 20.3 Å². The van der Waals surface area contributed by atoms with Gasteiger partial charge >= 0.3 is 0 Å². The molecule has 3 N–H and O–H groups in total. The standard InChI is InChI=1S/C27H43NO3/c1-14-9-24-25(28-13-14)16(3)27(31-24)8-6-18-19(15(27)2)11-21-20(18)12-23(30)22-10-17(29)5-7-26(21,22)4/h14,16-18,20-25,28-30H,5-13H2,1-4H3. The van der Waals surface area contributed by atoms with Crippen LogP contribution in [0.3, 0.4) is 0 Å². The summed E-state index contributed by atoms with van der Waals surface area (Å²) in [5, 5.41) is 25.3. The average molecular weight is 430 g/mol. The molecule has 4 heteroatoms. The van der Waals surface area contributed by atoms with Gasteiger partial charge in [-0.15, -0.1) is 0 Å². The maximum atomic E-state index is 11.1. The van der Waals surface area contributed by atoms with E-state index >= 15 is 0 Å². The lowest BCUT2D eigenvalue weighted by molar-refractivity contribution is -0.130. The number of allylic oxidation sites excluding steroid dienone is 1. The molecule has 12 atom stereocenters. The lowest BCUT2D eigenvalue weighted by Gasteiger charge is -2.55. The molecular formula is C27H43NO3. The van der Waals surface area contributed by atoms with Crippen LogP contribution in [-0.2, 0) is 4.74 Å². The molecule has 31 heavy (non-hydrogen) atoms. The van der Waals surface area contributed by atoms with E-state index in [9.17, 15) is 10.2 Å². The molecule has 0 radical (unpaired) electrons. The Morgan fingerprint density at radius 3 is 2.65 bits per heavy atom. The molecule has 0 amide bonds. The number of ether oxygens (including phenoxy) is 1.